The molecule has 0 aliphatic heterocycles. The molecule has 0 aliphatic carbocycles. The summed E-state index contributed by atoms with van der Waals surface area (Å²) in [5.41, 5.74) is 5.81. The summed E-state index contributed by atoms with van der Waals surface area (Å²) in [4.78, 5) is 12.5. The Kier molecular flexibility index (Phi) is 2.78. The second kappa shape index (κ2) is 4.23. The number of nitrogens with one attached hydrogen (secondary N) is 1. The summed E-state index contributed by atoms with van der Waals surface area (Å²) >= 11 is 0. The molecule has 0 bridgehead atoms. The Morgan fingerprint density at radius 1 is 1.38 bits per heavy atom. The van der Waals surface area contributed by atoms with E-state index in [4.69, 9.17) is 5.73 Å². The molecule has 7 heteroatoms. The third-order valence-electron chi connectivity index (χ3n) is 2.00. The van der Waals surface area contributed by atoms with Gasteiger partial charge in [0.25, 0.3) is 5.95 Å². The van der Waals surface area contributed by atoms with Crippen molar-refractivity contribution in [3.05, 3.63) is 24.3 Å². The molecule has 84 valence electrons. The molecular formula is C9H13N7. The first-order valence-electron chi connectivity index (χ1n) is 4.90. The number of rotatable bonds is 3. The molecule has 0 unspecified atom stereocenters. The molecule has 0 saturated carbocycles. The molecule has 2 rings (SSSR count). The van der Waals surface area contributed by atoms with Crippen molar-refractivity contribution in [1.29, 1.82) is 0 Å². The molecule has 1 atom stereocenters. The second-order valence-electron chi connectivity index (χ2n) is 3.29. The molecular weight excluding hydrogens is 206 g/mol. The lowest BCUT2D eigenvalue weighted by molar-refractivity contribution is 0.669. The fourth-order valence-electron chi connectivity index (χ4n) is 1.27. The lowest BCUT2D eigenvalue weighted by Gasteiger charge is -2.05. The molecule has 0 radical (unpaired) electrons. The molecule has 16 heavy (non-hydrogen) atoms. The zero-order valence-electron chi connectivity index (χ0n) is 9.12. The second-order valence-corrected chi connectivity index (χ2v) is 3.29. The van der Waals surface area contributed by atoms with Crippen molar-refractivity contribution in [2.45, 2.75) is 13.0 Å². The Balaban J connectivity index is 2.51. The molecule has 0 amide bonds. The van der Waals surface area contributed by atoms with Crippen LogP contribution in [0.3, 0.4) is 0 Å². The number of hydrogen-bond acceptors (Lipinski definition) is 6. The number of anilines is 1. The van der Waals surface area contributed by atoms with Crippen molar-refractivity contribution in [1.82, 2.24) is 24.7 Å². The molecule has 0 saturated heterocycles. The van der Waals surface area contributed by atoms with E-state index in [1.165, 1.54) is 4.68 Å². The van der Waals surface area contributed by atoms with Crippen molar-refractivity contribution in [3.63, 3.8) is 0 Å². The van der Waals surface area contributed by atoms with E-state index in [2.05, 4.69) is 25.4 Å². The van der Waals surface area contributed by atoms with Crippen LogP contribution < -0.4 is 11.1 Å². The van der Waals surface area contributed by atoms with Crippen LogP contribution in [0.4, 0.5) is 5.95 Å². The highest BCUT2D eigenvalue weighted by atomic mass is 15.4. The maximum Gasteiger partial charge on any atom is 0.252 e. The summed E-state index contributed by atoms with van der Waals surface area (Å²) < 4.78 is 1.54. The summed E-state index contributed by atoms with van der Waals surface area (Å²) in [6.45, 7) is 1.84. The van der Waals surface area contributed by atoms with E-state index in [-0.39, 0.29) is 6.04 Å². The summed E-state index contributed by atoms with van der Waals surface area (Å²) in [7, 11) is 1.75. The predicted molar refractivity (Wildman–Crippen MR) is 59.1 cm³/mol. The smallest absolute Gasteiger partial charge is 0.252 e. The average Bonchev–Trinajstić information content (AvgIpc) is 2.74. The van der Waals surface area contributed by atoms with Crippen LogP contribution >= 0.6 is 0 Å². The zero-order chi connectivity index (χ0) is 11.5. The lowest BCUT2D eigenvalue weighted by Crippen LogP contribution is -2.14. The van der Waals surface area contributed by atoms with E-state index >= 15 is 0 Å². The fraction of sp³-hybridized carbons (Fsp3) is 0.333. The summed E-state index contributed by atoms with van der Waals surface area (Å²) in [6, 6.07) is 1.50. The number of nitrogens with zero attached hydrogens (tertiary/aromatic N) is 5. The summed E-state index contributed by atoms with van der Waals surface area (Å²) in [5, 5.41) is 7.07. The molecule has 0 aliphatic rings. The Morgan fingerprint density at radius 2 is 2.06 bits per heavy atom. The van der Waals surface area contributed by atoms with E-state index in [9.17, 15) is 0 Å². The van der Waals surface area contributed by atoms with Crippen LogP contribution in [-0.2, 0) is 0 Å². The highest BCUT2D eigenvalue weighted by Crippen LogP contribution is 2.12. The van der Waals surface area contributed by atoms with E-state index in [1.807, 2.05) is 6.92 Å². The van der Waals surface area contributed by atoms with Gasteiger partial charge >= 0.3 is 0 Å². The SMILES string of the molecule is CNc1nc([C@H](C)N)n(-c2ncccn2)n1. The number of aromatic nitrogens is 5. The average molecular weight is 219 g/mol. The predicted octanol–water partition coefficient (Wildman–Crippen LogP) is 0.119. The van der Waals surface area contributed by atoms with Crippen LogP contribution in [0.5, 0.6) is 0 Å². The van der Waals surface area contributed by atoms with Crippen LogP contribution in [0.15, 0.2) is 18.5 Å². The summed E-state index contributed by atoms with van der Waals surface area (Å²) in [5.74, 6) is 1.58. The van der Waals surface area contributed by atoms with Gasteiger partial charge in [-0.05, 0) is 13.0 Å². The molecule has 2 aromatic heterocycles. The largest absolute Gasteiger partial charge is 0.356 e. The lowest BCUT2D eigenvalue weighted by atomic mass is 10.3. The van der Waals surface area contributed by atoms with E-state index in [1.54, 1.807) is 25.5 Å². The van der Waals surface area contributed by atoms with E-state index < -0.39 is 0 Å². The van der Waals surface area contributed by atoms with Crippen molar-refractivity contribution in [2.75, 3.05) is 12.4 Å². The van der Waals surface area contributed by atoms with Gasteiger partial charge in [-0.2, -0.15) is 9.67 Å². The normalized spacial score (nSPS) is 12.4. The fourth-order valence-corrected chi connectivity index (χ4v) is 1.27. The highest BCUT2D eigenvalue weighted by Gasteiger charge is 2.15. The van der Waals surface area contributed by atoms with Crippen molar-refractivity contribution >= 4 is 5.95 Å². The minimum absolute atomic E-state index is 0.238. The molecule has 3 N–H and O–H groups in total. The first-order valence-corrected chi connectivity index (χ1v) is 4.90. The Labute approximate surface area is 92.7 Å². The molecule has 0 aromatic carbocycles. The van der Waals surface area contributed by atoms with Gasteiger partial charge in [0.2, 0.25) is 5.95 Å². The number of nitrogens with two attached hydrogens (primary N) is 1. The van der Waals surface area contributed by atoms with Crippen LogP contribution in [-0.4, -0.2) is 31.8 Å². The van der Waals surface area contributed by atoms with Gasteiger partial charge in [0.1, 0.15) is 0 Å². The third kappa shape index (κ3) is 1.84. The van der Waals surface area contributed by atoms with Gasteiger partial charge in [-0.15, -0.1) is 5.10 Å². The minimum atomic E-state index is -0.238. The minimum Gasteiger partial charge on any atom is -0.356 e. The van der Waals surface area contributed by atoms with Crippen LogP contribution in [0.2, 0.25) is 0 Å². The molecule has 2 aromatic rings. The molecule has 0 spiro atoms. The monoisotopic (exact) mass is 219 g/mol. The molecule has 7 nitrogen and oxygen atoms in total. The van der Waals surface area contributed by atoms with Gasteiger partial charge in [0.15, 0.2) is 5.82 Å². The Bertz CT molecular complexity index is 462. The van der Waals surface area contributed by atoms with Gasteiger partial charge < -0.3 is 11.1 Å². The Hall–Kier alpha value is -2.02. The maximum atomic E-state index is 5.81. The third-order valence-corrected chi connectivity index (χ3v) is 2.00. The zero-order valence-corrected chi connectivity index (χ0v) is 9.12. The van der Waals surface area contributed by atoms with E-state index in [0.29, 0.717) is 17.7 Å². The quantitative estimate of drug-likeness (QED) is 0.761. The highest BCUT2D eigenvalue weighted by molar-refractivity contribution is 5.26. The number of hydrogen-bond donors (Lipinski definition) is 2. The first kappa shape index (κ1) is 10.5. The van der Waals surface area contributed by atoms with Crippen molar-refractivity contribution in [3.8, 4) is 5.95 Å². The van der Waals surface area contributed by atoms with Gasteiger partial charge in [-0.25, -0.2) is 9.97 Å². The van der Waals surface area contributed by atoms with Gasteiger partial charge in [0, 0.05) is 19.4 Å². The van der Waals surface area contributed by atoms with Gasteiger partial charge in [-0.3, -0.25) is 0 Å². The molecule has 2 heterocycles. The van der Waals surface area contributed by atoms with Crippen molar-refractivity contribution in [2.24, 2.45) is 5.73 Å². The van der Waals surface area contributed by atoms with E-state index in [0.717, 1.165) is 0 Å². The van der Waals surface area contributed by atoms with Gasteiger partial charge in [0.05, 0.1) is 6.04 Å². The van der Waals surface area contributed by atoms with Crippen LogP contribution in [0, 0.1) is 0 Å². The van der Waals surface area contributed by atoms with Crippen LogP contribution in [0.1, 0.15) is 18.8 Å². The maximum absolute atomic E-state index is 5.81. The topological polar surface area (TPSA) is 94.5 Å². The first-order chi connectivity index (χ1) is 7.72. The Morgan fingerprint density at radius 3 is 2.62 bits per heavy atom. The van der Waals surface area contributed by atoms with Gasteiger partial charge in [-0.1, -0.05) is 0 Å². The molecule has 0 fully saturated rings. The van der Waals surface area contributed by atoms with Crippen LogP contribution in [0.25, 0.3) is 5.95 Å². The summed E-state index contributed by atoms with van der Waals surface area (Å²) in [6.07, 6.45) is 3.29. The standard InChI is InChI=1S/C9H13N7/c1-6(10)7-14-8(11-2)15-16(7)9-12-4-3-5-13-9/h3-6H,10H2,1-2H3,(H,11,15)/t6-/m0/s1. The van der Waals surface area contributed by atoms with Crippen molar-refractivity contribution < 1.29 is 0 Å².